The maximum Gasteiger partial charge on any atom is 0.224 e. The molecule has 0 spiro atoms. The van der Waals surface area contributed by atoms with Crippen molar-refractivity contribution in [3.05, 3.63) is 0 Å². The second kappa shape index (κ2) is 12.4. The standard InChI is InChI=1S/C19H35N5O2.HI/c1-4-17(25)23-13-10-16(14-23)22-19(20-5-2)21-11-9-18(26)24-12-7-6-8-15(24)3;/h15-16H,4-14H2,1-3H3,(H2,20,21,22);1H. The van der Waals surface area contributed by atoms with Crippen molar-refractivity contribution in [3.8, 4) is 0 Å². The fourth-order valence-corrected chi connectivity index (χ4v) is 3.72. The van der Waals surface area contributed by atoms with Crippen LogP contribution in [0.5, 0.6) is 0 Å². The molecule has 2 unspecified atom stereocenters. The summed E-state index contributed by atoms with van der Waals surface area (Å²) in [6, 6.07) is 0.577. The molecule has 2 atom stereocenters. The van der Waals surface area contributed by atoms with E-state index in [2.05, 4.69) is 22.5 Å². The fourth-order valence-electron chi connectivity index (χ4n) is 3.72. The van der Waals surface area contributed by atoms with Gasteiger partial charge in [0.15, 0.2) is 5.96 Å². The first-order chi connectivity index (χ1) is 12.5. The number of rotatable bonds is 6. The normalized spacial score (nSPS) is 23.0. The van der Waals surface area contributed by atoms with E-state index in [4.69, 9.17) is 0 Å². The Morgan fingerprint density at radius 2 is 1.89 bits per heavy atom. The maximum atomic E-state index is 12.4. The first-order valence-corrected chi connectivity index (χ1v) is 10.2. The van der Waals surface area contributed by atoms with E-state index in [0.717, 1.165) is 51.4 Å². The molecule has 0 aromatic carbocycles. The number of nitrogens with one attached hydrogen (secondary N) is 2. The zero-order valence-electron chi connectivity index (χ0n) is 17.0. The van der Waals surface area contributed by atoms with Gasteiger partial charge in [0.1, 0.15) is 0 Å². The lowest BCUT2D eigenvalue weighted by atomic mass is 10.0. The molecule has 0 bridgehead atoms. The van der Waals surface area contributed by atoms with Crippen molar-refractivity contribution in [2.45, 2.75) is 71.4 Å². The molecule has 2 amide bonds. The summed E-state index contributed by atoms with van der Waals surface area (Å²) in [6.07, 6.45) is 5.37. The minimum atomic E-state index is 0. The van der Waals surface area contributed by atoms with Crippen LogP contribution in [0.3, 0.4) is 0 Å². The number of piperidine rings is 1. The summed E-state index contributed by atoms with van der Waals surface area (Å²) in [4.78, 5) is 32.7. The average Bonchev–Trinajstić information content (AvgIpc) is 3.10. The molecule has 0 saturated carbocycles. The van der Waals surface area contributed by atoms with Crippen LogP contribution in [0, 0.1) is 0 Å². The zero-order chi connectivity index (χ0) is 18.9. The monoisotopic (exact) mass is 493 g/mol. The largest absolute Gasteiger partial charge is 0.357 e. The molecule has 8 heteroatoms. The molecule has 0 aromatic heterocycles. The molecule has 2 heterocycles. The molecule has 0 aliphatic carbocycles. The van der Waals surface area contributed by atoms with E-state index in [1.54, 1.807) is 0 Å². The molecule has 2 aliphatic heterocycles. The summed E-state index contributed by atoms with van der Waals surface area (Å²) >= 11 is 0. The summed E-state index contributed by atoms with van der Waals surface area (Å²) in [7, 11) is 0. The van der Waals surface area contributed by atoms with Gasteiger partial charge in [0.2, 0.25) is 11.8 Å². The highest BCUT2D eigenvalue weighted by atomic mass is 127. The number of hydrogen-bond donors (Lipinski definition) is 2. The van der Waals surface area contributed by atoms with Crippen LogP contribution in [-0.4, -0.2) is 72.4 Å². The van der Waals surface area contributed by atoms with E-state index in [9.17, 15) is 9.59 Å². The van der Waals surface area contributed by atoms with Crippen LogP contribution in [-0.2, 0) is 9.59 Å². The number of halogens is 1. The van der Waals surface area contributed by atoms with Crippen LogP contribution in [0.15, 0.2) is 4.99 Å². The number of likely N-dealkylation sites (tertiary alicyclic amines) is 2. The topological polar surface area (TPSA) is 77.0 Å². The number of aliphatic imine (C=N–C) groups is 1. The van der Waals surface area contributed by atoms with Gasteiger partial charge in [-0.05, 0) is 39.5 Å². The summed E-state index contributed by atoms with van der Waals surface area (Å²) < 4.78 is 0. The lowest BCUT2D eigenvalue weighted by molar-refractivity contribution is -0.134. The Balaban J connectivity index is 0.00000364. The second-order valence-corrected chi connectivity index (χ2v) is 7.27. The van der Waals surface area contributed by atoms with Crippen molar-refractivity contribution >= 4 is 41.8 Å². The third-order valence-corrected chi connectivity index (χ3v) is 5.25. The van der Waals surface area contributed by atoms with Crippen molar-refractivity contribution in [1.82, 2.24) is 20.4 Å². The Kier molecular flexibility index (Phi) is 11.0. The molecule has 2 rings (SSSR count). The Morgan fingerprint density at radius 1 is 1.11 bits per heavy atom. The van der Waals surface area contributed by atoms with Gasteiger partial charge in [0, 0.05) is 51.1 Å². The van der Waals surface area contributed by atoms with Crippen LogP contribution in [0.1, 0.15) is 59.3 Å². The first kappa shape index (κ1) is 24.0. The molecule has 27 heavy (non-hydrogen) atoms. The zero-order valence-corrected chi connectivity index (χ0v) is 19.3. The van der Waals surface area contributed by atoms with Gasteiger partial charge < -0.3 is 20.4 Å². The van der Waals surface area contributed by atoms with Crippen molar-refractivity contribution in [1.29, 1.82) is 0 Å². The van der Waals surface area contributed by atoms with E-state index >= 15 is 0 Å². The highest BCUT2D eigenvalue weighted by Crippen LogP contribution is 2.17. The Hall–Kier alpha value is -1.06. The Labute approximate surface area is 180 Å². The van der Waals surface area contributed by atoms with Crippen molar-refractivity contribution in [3.63, 3.8) is 0 Å². The van der Waals surface area contributed by atoms with Crippen LogP contribution < -0.4 is 10.6 Å². The summed E-state index contributed by atoms with van der Waals surface area (Å²) in [6.45, 7) is 9.72. The van der Waals surface area contributed by atoms with Crippen LogP contribution >= 0.6 is 24.0 Å². The molecular formula is C19H36IN5O2. The molecule has 0 radical (unpaired) electrons. The third kappa shape index (κ3) is 7.46. The highest BCUT2D eigenvalue weighted by Gasteiger charge is 2.26. The van der Waals surface area contributed by atoms with E-state index < -0.39 is 0 Å². The van der Waals surface area contributed by atoms with Gasteiger partial charge in [0.05, 0.1) is 6.54 Å². The van der Waals surface area contributed by atoms with E-state index in [0.29, 0.717) is 25.4 Å². The first-order valence-electron chi connectivity index (χ1n) is 10.2. The smallest absolute Gasteiger partial charge is 0.224 e. The number of amides is 2. The molecular weight excluding hydrogens is 457 g/mol. The van der Waals surface area contributed by atoms with Crippen LogP contribution in [0.25, 0.3) is 0 Å². The summed E-state index contributed by atoms with van der Waals surface area (Å²) in [5, 5.41) is 6.65. The van der Waals surface area contributed by atoms with Crippen molar-refractivity contribution in [2.75, 3.05) is 32.7 Å². The fraction of sp³-hybridized carbons (Fsp3) is 0.842. The number of carbonyl (C=O) groups excluding carboxylic acids is 2. The SMILES string of the molecule is CCNC(=NCCC(=O)N1CCCCC1C)NC1CCN(C(=O)CC)C1.I. The third-order valence-electron chi connectivity index (χ3n) is 5.25. The molecule has 7 nitrogen and oxygen atoms in total. The minimum Gasteiger partial charge on any atom is -0.357 e. The van der Waals surface area contributed by atoms with Gasteiger partial charge in [0.25, 0.3) is 0 Å². The van der Waals surface area contributed by atoms with E-state index in [1.165, 1.54) is 6.42 Å². The quantitative estimate of drug-likeness (QED) is 0.337. The van der Waals surface area contributed by atoms with Crippen LogP contribution in [0.4, 0.5) is 0 Å². The van der Waals surface area contributed by atoms with E-state index in [1.807, 2.05) is 23.6 Å². The predicted octanol–water partition coefficient (Wildman–Crippen LogP) is 1.96. The van der Waals surface area contributed by atoms with Crippen molar-refractivity contribution in [2.24, 2.45) is 4.99 Å². The molecule has 2 fully saturated rings. The minimum absolute atomic E-state index is 0. The summed E-state index contributed by atoms with van der Waals surface area (Å²) in [5.41, 5.74) is 0. The molecule has 2 saturated heterocycles. The molecule has 0 aromatic rings. The van der Waals surface area contributed by atoms with Gasteiger partial charge >= 0.3 is 0 Å². The lowest BCUT2D eigenvalue weighted by Crippen LogP contribution is -2.45. The van der Waals surface area contributed by atoms with Gasteiger partial charge in [-0.2, -0.15) is 0 Å². The van der Waals surface area contributed by atoms with Gasteiger partial charge in [-0.1, -0.05) is 6.92 Å². The van der Waals surface area contributed by atoms with Gasteiger partial charge in [-0.3, -0.25) is 14.6 Å². The molecule has 156 valence electrons. The number of nitrogens with zero attached hydrogens (tertiary/aromatic N) is 3. The lowest BCUT2D eigenvalue weighted by Gasteiger charge is -2.33. The second-order valence-electron chi connectivity index (χ2n) is 7.27. The number of carbonyl (C=O) groups is 2. The number of guanidine groups is 1. The maximum absolute atomic E-state index is 12.4. The molecule has 2 aliphatic rings. The molecule has 2 N–H and O–H groups in total. The van der Waals surface area contributed by atoms with Gasteiger partial charge in [-0.25, -0.2) is 0 Å². The van der Waals surface area contributed by atoms with Crippen molar-refractivity contribution < 1.29 is 9.59 Å². The summed E-state index contributed by atoms with van der Waals surface area (Å²) in [5.74, 6) is 1.15. The van der Waals surface area contributed by atoms with Crippen LogP contribution in [0.2, 0.25) is 0 Å². The highest BCUT2D eigenvalue weighted by molar-refractivity contribution is 14.0. The average molecular weight is 493 g/mol. The Bertz CT molecular complexity index is 514. The predicted molar refractivity (Wildman–Crippen MR) is 119 cm³/mol. The van der Waals surface area contributed by atoms with E-state index in [-0.39, 0.29) is 41.8 Å². The Morgan fingerprint density at radius 3 is 2.56 bits per heavy atom. The number of hydrogen-bond acceptors (Lipinski definition) is 3. The van der Waals surface area contributed by atoms with Gasteiger partial charge in [-0.15, -0.1) is 24.0 Å².